The second-order valence-electron chi connectivity index (χ2n) is 13.1. The largest absolute Gasteiger partial charge is 0.432 e. The Morgan fingerprint density at radius 2 is 1.45 bits per heavy atom. The van der Waals surface area contributed by atoms with E-state index in [-0.39, 0.29) is 10.8 Å². The third-order valence-corrected chi connectivity index (χ3v) is 12.5. The van der Waals surface area contributed by atoms with Crippen LogP contribution in [0.4, 0.5) is 10.1 Å². The highest BCUT2D eigenvalue weighted by atomic mass is 28.4. The van der Waals surface area contributed by atoms with Crippen LogP contribution in [0.25, 0.3) is 10.9 Å². The van der Waals surface area contributed by atoms with Crippen molar-refractivity contribution in [2.24, 2.45) is 4.99 Å². The fourth-order valence-corrected chi connectivity index (χ4v) is 5.96. The summed E-state index contributed by atoms with van der Waals surface area (Å²) in [5.41, 5.74) is 3.68. The van der Waals surface area contributed by atoms with Crippen LogP contribution in [0, 0.1) is 5.82 Å². The molecule has 0 aliphatic carbocycles. The fraction of sp³-hybridized carbons (Fsp3) is 0.278. The number of carbonyl (C=O) groups excluding carboxylic acids is 1. The summed E-state index contributed by atoms with van der Waals surface area (Å²) in [5.74, 6) is -0.774. The van der Waals surface area contributed by atoms with E-state index in [2.05, 4.69) is 23.8 Å². The first-order valence-electron chi connectivity index (χ1n) is 14.9. The summed E-state index contributed by atoms with van der Waals surface area (Å²) in [7, 11) is -2.43. The number of ketones is 1. The molecule has 0 radical (unpaired) electrons. The number of hydrogen-bond donors (Lipinski definition) is 1. The van der Waals surface area contributed by atoms with E-state index in [1.165, 1.54) is 12.4 Å². The van der Waals surface area contributed by atoms with Gasteiger partial charge < -0.3 is 9.36 Å². The van der Waals surface area contributed by atoms with Crippen LogP contribution in [-0.4, -0.2) is 39.1 Å². The number of benzene rings is 2. The van der Waals surface area contributed by atoms with E-state index in [1.54, 1.807) is 24.7 Å². The van der Waals surface area contributed by atoms with Gasteiger partial charge in [0.15, 0.2) is 19.9 Å². The molecule has 5 rings (SSSR count). The molecule has 0 atom stereocenters. The van der Waals surface area contributed by atoms with Crippen molar-refractivity contribution in [1.29, 1.82) is 0 Å². The van der Waals surface area contributed by atoms with E-state index in [9.17, 15) is 9.59 Å². The highest BCUT2D eigenvalue weighted by Crippen LogP contribution is 2.43. The SMILES string of the molecule is CC(C)(CCC(C)(C)[Si](C)(C)O)n1cc(C(=O)c2cncc(N=C(c3ccccc3)c3ccccc3)c2)c2cncc(F)c21. The van der Waals surface area contributed by atoms with E-state index in [0.29, 0.717) is 34.1 Å². The quantitative estimate of drug-likeness (QED) is 0.0982. The predicted molar refractivity (Wildman–Crippen MR) is 178 cm³/mol. The minimum Gasteiger partial charge on any atom is -0.432 e. The molecule has 3 heterocycles. The first kappa shape index (κ1) is 31.2. The average molecular weight is 607 g/mol. The van der Waals surface area contributed by atoms with Crippen LogP contribution < -0.4 is 0 Å². The van der Waals surface area contributed by atoms with Gasteiger partial charge in [-0.2, -0.15) is 0 Å². The first-order valence-corrected chi connectivity index (χ1v) is 17.8. The molecule has 0 saturated heterocycles. The number of carbonyl (C=O) groups is 1. The highest BCUT2D eigenvalue weighted by Gasteiger charge is 2.39. The molecule has 0 amide bonds. The van der Waals surface area contributed by atoms with E-state index in [0.717, 1.165) is 23.3 Å². The fourth-order valence-electron chi connectivity index (χ4n) is 5.22. The van der Waals surface area contributed by atoms with Crippen LogP contribution >= 0.6 is 0 Å². The molecule has 5 aromatic rings. The third-order valence-electron chi connectivity index (χ3n) is 8.90. The smallest absolute Gasteiger partial charge is 0.196 e. The lowest BCUT2D eigenvalue weighted by Crippen LogP contribution is -2.40. The van der Waals surface area contributed by atoms with Crippen molar-refractivity contribution >= 4 is 36.4 Å². The number of fused-ring (bicyclic) bond motifs is 1. The predicted octanol–water partition coefficient (Wildman–Crippen LogP) is 8.46. The van der Waals surface area contributed by atoms with Crippen LogP contribution in [0.5, 0.6) is 0 Å². The van der Waals surface area contributed by atoms with Gasteiger partial charge in [-0.3, -0.25) is 14.8 Å². The summed E-state index contributed by atoms with van der Waals surface area (Å²) in [4.78, 5) is 38.3. The average Bonchev–Trinajstić information content (AvgIpc) is 3.41. The zero-order valence-electron chi connectivity index (χ0n) is 26.2. The Labute approximate surface area is 259 Å². The Morgan fingerprint density at radius 3 is 2.05 bits per heavy atom. The Balaban J connectivity index is 1.55. The van der Waals surface area contributed by atoms with Gasteiger partial charge in [0.05, 0.1) is 29.3 Å². The van der Waals surface area contributed by atoms with E-state index < -0.39 is 19.7 Å². The molecule has 226 valence electrons. The summed E-state index contributed by atoms with van der Waals surface area (Å²) in [5, 5.41) is 0.208. The van der Waals surface area contributed by atoms with Gasteiger partial charge in [-0.05, 0) is 50.9 Å². The van der Waals surface area contributed by atoms with Crippen molar-refractivity contribution in [3.05, 3.63) is 126 Å². The molecule has 0 bridgehead atoms. The molecule has 2 aromatic carbocycles. The van der Waals surface area contributed by atoms with E-state index >= 15 is 4.39 Å². The van der Waals surface area contributed by atoms with Crippen LogP contribution in [0.15, 0.2) is 103 Å². The maximum Gasteiger partial charge on any atom is 0.196 e. The number of aliphatic imine (C=N–C) groups is 1. The van der Waals surface area contributed by atoms with Gasteiger partial charge >= 0.3 is 0 Å². The number of pyridine rings is 2. The summed E-state index contributed by atoms with van der Waals surface area (Å²) in [6, 6.07) is 21.5. The topological polar surface area (TPSA) is 80.4 Å². The monoisotopic (exact) mass is 606 g/mol. The molecular formula is C36H39FN4O2Si. The molecule has 0 spiro atoms. The van der Waals surface area contributed by atoms with Crippen molar-refractivity contribution < 1.29 is 14.0 Å². The lowest BCUT2D eigenvalue weighted by atomic mass is 9.92. The molecular weight excluding hydrogens is 568 g/mol. The standard InChI is InChI=1S/C36H39FN4O2Si/c1-35(2,17-18-36(3,4)44(5,6)43)41-24-30(29-22-39-23-31(37)33(29)41)34(42)27-19-28(21-38-20-27)40-32(25-13-9-7-10-14-25)26-15-11-8-12-16-26/h7-16,19-24,43H,17-18H2,1-6H3. The lowest BCUT2D eigenvalue weighted by molar-refractivity contribution is 0.103. The molecule has 3 aromatic heterocycles. The second kappa shape index (κ2) is 12.0. The number of rotatable bonds is 10. The molecule has 6 nitrogen and oxygen atoms in total. The van der Waals surface area contributed by atoms with Gasteiger partial charge in [-0.25, -0.2) is 9.38 Å². The molecule has 0 saturated carbocycles. The molecule has 0 aliphatic rings. The number of aromatic nitrogens is 3. The minimum atomic E-state index is -2.43. The molecule has 1 N–H and O–H groups in total. The van der Waals surface area contributed by atoms with Crippen LogP contribution in [-0.2, 0) is 5.54 Å². The van der Waals surface area contributed by atoms with Gasteiger partial charge in [-0.15, -0.1) is 0 Å². The molecule has 8 heteroatoms. The maximum absolute atomic E-state index is 15.4. The van der Waals surface area contributed by atoms with Crippen LogP contribution in [0.1, 0.15) is 67.6 Å². The minimum absolute atomic E-state index is 0.239. The summed E-state index contributed by atoms with van der Waals surface area (Å²) in [6.45, 7) is 12.1. The summed E-state index contributed by atoms with van der Waals surface area (Å²) >= 11 is 0. The Hall–Kier alpha value is -4.27. The Kier molecular flexibility index (Phi) is 8.51. The number of halogens is 1. The van der Waals surface area contributed by atoms with Gasteiger partial charge in [-0.1, -0.05) is 74.5 Å². The Morgan fingerprint density at radius 1 is 0.864 bits per heavy atom. The van der Waals surface area contributed by atoms with Crippen molar-refractivity contribution in [3.63, 3.8) is 0 Å². The molecule has 0 unspecified atom stereocenters. The van der Waals surface area contributed by atoms with Gasteiger partial charge in [0.2, 0.25) is 0 Å². The zero-order valence-corrected chi connectivity index (χ0v) is 27.2. The van der Waals surface area contributed by atoms with Crippen molar-refractivity contribution in [3.8, 4) is 0 Å². The second-order valence-corrected chi connectivity index (χ2v) is 17.6. The van der Waals surface area contributed by atoms with Crippen LogP contribution in [0.3, 0.4) is 0 Å². The maximum atomic E-state index is 15.4. The number of nitrogens with zero attached hydrogens (tertiary/aromatic N) is 4. The zero-order chi connectivity index (χ0) is 31.7. The Bertz CT molecular complexity index is 1780. The van der Waals surface area contributed by atoms with E-state index in [1.807, 2.05) is 92.2 Å². The van der Waals surface area contributed by atoms with Crippen molar-refractivity contribution in [1.82, 2.24) is 14.5 Å². The van der Waals surface area contributed by atoms with Gasteiger partial charge in [0.1, 0.15) is 0 Å². The molecule has 0 aliphatic heterocycles. The number of hydrogen-bond acceptors (Lipinski definition) is 5. The molecule has 0 fully saturated rings. The van der Waals surface area contributed by atoms with Gasteiger partial charge in [0.25, 0.3) is 0 Å². The van der Waals surface area contributed by atoms with Crippen molar-refractivity contribution in [2.45, 2.75) is 64.2 Å². The van der Waals surface area contributed by atoms with Gasteiger partial charge in [0, 0.05) is 51.8 Å². The third kappa shape index (κ3) is 6.32. The first-order chi connectivity index (χ1) is 20.8. The van der Waals surface area contributed by atoms with Crippen molar-refractivity contribution in [2.75, 3.05) is 0 Å². The van der Waals surface area contributed by atoms with Crippen LogP contribution in [0.2, 0.25) is 18.1 Å². The summed E-state index contributed by atoms with van der Waals surface area (Å²) < 4.78 is 17.2. The lowest BCUT2D eigenvalue weighted by Gasteiger charge is -2.38. The normalized spacial score (nSPS) is 12.4. The summed E-state index contributed by atoms with van der Waals surface area (Å²) in [6.07, 6.45) is 9.05. The van der Waals surface area contributed by atoms with E-state index in [4.69, 9.17) is 4.99 Å². The molecule has 44 heavy (non-hydrogen) atoms. The highest BCUT2D eigenvalue weighted by molar-refractivity contribution is 6.72.